The van der Waals surface area contributed by atoms with Crippen LogP contribution in [0.2, 0.25) is 0 Å². The number of rotatable bonds is 8. The smallest absolute Gasteiger partial charge is 0.329 e. The van der Waals surface area contributed by atoms with Gasteiger partial charge in [-0.05, 0) is 63.5 Å². The Morgan fingerprint density at radius 3 is 2.00 bits per heavy atom. The quantitative estimate of drug-likeness (QED) is 0.396. The van der Waals surface area contributed by atoms with E-state index in [0.29, 0.717) is 6.07 Å². The summed E-state index contributed by atoms with van der Waals surface area (Å²) in [6.07, 6.45) is 0. The number of hydrogen-bond acceptors (Lipinski definition) is 4. The second kappa shape index (κ2) is 8.38. The average molecular weight is 521 g/mol. The lowest BCUT2D eigenvalue weighted by atomic mass is 9.72. The van der Waals surface area contributed by atoms with Gasteiger partial charge in [-0.2, -0.15) is 0 Å². The van der Waals surface area contributed by atoms with Crippen LogP contribution in [0, 0.1) is 11.6 Å². The highest BCUT2D eigenvalue weighted by atomic mass is 79.9. The minimum absolute atomic E-state index is 0.335. The van der Waals surface area contributed by atoms with Crippen molar-refractivity contribution >= 4 is 31.7 Å². The third kappa shape index (κ3) is 4.99. The van der Waals surface area contributed by atoms with Crippen LogP contribution in [0.1, 0.15) is 47.1 Å². The fourth-order valence-corrected chi connectivity index (χ4v) is 4.75. The molecule has 0 aromatic heterocycles. The van der Waals surface area contributed by atoms with Gasteiger partial charge in [-0.3, -0.25) is 0 Å². The second-order valence-corrected chi connectivity index (χ2v) is 12.3. The number of carbonyl (C=O) groups is 1. The number of alkyl halides is 2. The van der Waals surface area contributed by atoms with Crippen LogP contribution in [-0.4, -0.2) is 48.1 Å². The van der Waals surface area contributed by atoms with Gasteiger partial charge in [0.2, 0.25) is 0 Å². The highest BCUT2D eigenvalue weighted by Gasteiger charge is 2.64. The van der Waals surface area contributed by atoms with Crippen molar-refractivity contribution in [2.75, 3.05) is 12.4 Å². The summed E-state index contributed by atoms with van der Waals surface area (Å²) in [5.74, 6) is -9.24. The lowest BCUT2D eigenvalue weighted by molar-refractivity contribution is -0.224. The molecule has 0 radical (unpaired) electrons. The summed E-state index contributed by atoms with van der Waals surface area (Å²) in [7, 11) is -4.25. The molecule has 0 saturated carbocycles. The van der Waals surface area contributed by atoms with Crippen LogP contribution >= 0.6 is 15.9 Å². The Bertz CT molecular complexity index is 926. The van der Waals surface area contributed by atoms with Gasteiger partial charge in [0.05, 0.1) is 20.4 Å². The predicted molar refractivity (Wildman–Crippen MR) is 108 cm³/mol. The molecule has 1 aromatic carbocycles. The van der Waals surface area contributed by atoms with Gasteiger partial charge in [0.15, 0.2) is 9.84 Å². The molecule has 1 atom stereocenters. The zero-order chi connectivity index (χ0) is 23.9. The van der Waals surface area contributed by atoms with Crippen molar-refractivity contribution < 1.29 is 40.6 Å². The number of carboxylic acids is 1. The van der Waals surface area contributed by atoms with E-state index in [4.69, 9.17) is 9.84 Å². The van der Waals surface area contributed by atoms with E-state index in [2.05, 4.69) is 15.9 Å². The topological polar surface area (TPSA) is 80.7 Å². The Labute approximate surface area is 181 Å². The Balaban J connectivity index is 3.82. The predicted octanol–water partition coefficient (Wildman–Crippen LogP) is 4.71. The van der Waals surface area contributed by atoms with Gasteiger partial charge in [-0.1, -0.05) is 0 Å². The number of ether oxygens (including phenoxy) is 1. The molecule has 0 fully saturated rings. The van der Waals surface area contributed by atoms with Crippen molar-refractivity contribution in [3.8, 4) is 0 Å². The van der Waals surface area contributed by atoms with Gasteiger partial charge < -0.3 is 9.84 Å². The van der Waals surface area contributed by atoms with Crippen LogP contribution in [0.4, 0.5) is 17.6 Å². The Kier molecular flexibility index (Phi) is 7.50. The normalized spacial score (nSPS) is 15.7. The van der Waals surface area contributed by atoms with Gasteiger partial charge in [0.1, 0.15) is 23.8 Å². The van der Waals surface area contributed by atoms with E-state index < -0.39 is 67.0 Å². The molecule has 0 saturated heterocycles. The van der Waals surface area contributed by atoms with Crippen molar-refractivity contribution in [1.82, 2.24) is 0 Å². The van der Waals surface area contributed by atoms with Gasteiger partial charge in [-0.15, -0.1) is 0 Å². The van der Waals surface area contributed by atoms with Crippen LogP contribution in [0.5, 0.6) is 0 Å². The lowest BCUT2D eigenvalue weighted by Gasteiger charge is -2.46. The van der Waals surface area contributed by atoms with E-state index in [1.165, 1.54) is 20.8 Å². The van der Waals surface area contributed by atoms with Gasteiger partial charge in [0, 0.05) is 11.6 Å². The molecule has 0 aliphatic rings. The fourth-order valence-electron chi connectivity index (χ4n) is 2.88. The molecular formula is C19H25BrF4O5S. The van der Waals surface area contributed by atoms with Gasteiger partial charge >= 0.3 is 5.97 Å². The number of benzene rings is 1. The Morgan fingerprint density at radius 2 is 1.57 bits per heavy atom. The zero-order valence-corrected chi connectivity index (χ0v) is 19.8. The largest absolute Gasteiger partial charge is 0.480 e. The molecule has 0 bridgehead atoms. The lowest BCUT2D eigenvalue weighted by Crippen LogP contribution is -2.61. The molecule has 172 valence electrons. The number of halogens is 5. The maximum absolute atomic E-state index is 15.9. The van der Waals surface area contributed by atoms with Crippen molar-refractivity contribution in [3.05, 3.63) is 33.8 Å². The molecule has 0 unspecified atom stereocenters. The van der Waals surface area contributed by atoms with E-state index in [1.54, 1.807) is 0 Å². The molecule has 0 spiro atoms. The maximum atomic E-state index is 15.9. The third-order valence-electron chi connectivity index (χ3n) is 5.02. The van der Waals surface area contributed by atoms with E-state index in [1.807, 2.05) is 0 Å². The van der Waals surface area contributed by atoms with Gasteiger partial charge in [-0.25, -0.2) is 30.8 Å². The van der Waals surface area contributed by atoms with Crippen molar-refractivity contribution in [2.24, 2.45) is 0 Å². The van der Waals surface area contributed by atoms with Crippen molar-refractivity contribution in [1.29, 1.82) is 0 Å². The first-order chi connectivity index (χ1) is 13.2. The van der Waals surface area contributed by atoms with Crippen LogP contribution in [0.25, 0.3) is 0 Å². The summed E-state index contributed by atoms with van der Waals surface area (Å²) in [4.78, 5) is 10.8. The third-order valence-corrected chi connectivity index (χ3v) is 8.45. The van der Waals surface area contributed by atoms with Crippen LogP contribution in [0.3, 0.4) is 0 Å². The fraction of sp³-hybridized carbons (Fsp3) is 0.632. The SMILES string of the molecule is CC(C)(OCC(=O)O)C(F)(F)[C@](C)(CS(=O)(=O)C(C)(C)C)c1cc(Br)c(F)cc1F. The molecule has 11 heteroatoms. The summed E-state index contributed by atoms with van der Waals surface area (Å²) in [6.45, 7) is 5.45. The maximum Gasteiger partial charge on any atom is 0.329 e. The molecule has 1 aromatic rings. The molecule has 30 heavy (non-hydrogen) atoms. The first-order valence-electron chi connectivity index (χ1n) is 8.80. The molecule has 0 heterocycles. The average Bonchev–Trinajstić information content (AvgIpc) is 2.54. The first-order valence-corrected chi connectivity index (χ1v) is 11.2. The first kappa shape index (κ1) is 26.8. The highest BCUT2D eigenvalue weighted by molar-refractivity contribution is 9.10. The molecule has 1 N–H and O–H groups in total. The van der Waals surface area contributed by atoms with Crippen molar-refractivity contribution in [3.63, 3.8) is 0 Å². The number of hydrogen-bond donors (Lipinski definition) is 1. The van der Waals surface area contributed by atoms with Crippen molar-refractivity contribution in [2.45, 2.75) is 63.2 Å². The zero-order valence-electron chi connectivity index (χ0n) is 17.4. The standard InChI is InChI=1S/C19H25BrF4O5S/c1-16(2,3)30(27,28)10-18(6,11-7-12(20)14(22)8-13(11)21)19(23,24)17(4,5)29-9-15(25)26/h7-8H,9-10H2,1-6H3,(H,25,26)/t18-/m1/s1. The van der Waals surface area contributed by atoms with E-state index in [-0.39, 0.29) is 4.47 Å². The minimum Gasteiger partial charge on any atom is -0.480 e. The minimum atomic E-state index is -4.25. The molecule has 0 aliphatic carbocycles. The highest BCUT2D eigenvalue weighted by Crippen LogP contribution is 2.50. The Hall–Kier alpha value is -1.20. The second-order valence-electron chi connectivity index (χ2n) is 8.72. The number of sulfone groups is 1. The summed E-state index contributed by atoms with van der Waals surface area (Å²) in [6, 6.07) is 1.15. The van der Waals surface area contributed by atoms with E-state index in [9.17, 15) is 22.0 Å². The monoisotopic (exact) mass is 520 g/mol. The van der Waals surface area contributed by atoms with E-state index >= 15 is 8.78 Å². The van der Waals surface area contributed by atoms with Gasteiger partial charge in [0.25, 0.3) is 5.92 Å². The number of aliphatic carboxylic acids is 1. The molecule has 0 aliphatic heterocycles. The summed E-state index contributed by atoms with van der Waals surface area (Å²) in [5.41, 5.74) is -6.00. The summed E-state index contributed by atoms with van der Waals surface area (Å²) >= 11 is 2.81. The van der Waals surface area contributed by atoms with Crippen LogP contribution in [0.15, 0.2) is 16.6 Å². The Morgan fingerprint density at radius 1 is 1.07 bits per heavy atom. The van der Waals surface area contributed by atoms with Crippen LogP contribution < -0.4 is 0 Å². The molecule has 5 nitrogen and oxygen atoms in total. The molecule has 0 amide bonds. The molecule has 1 rings (SSSR count). The summed E-state index contributed by atoms with van der Waals surface area (Å²) < 4.78 is 89.0. The molecular weight excluding hydrogens is 496 g/mol. The number of carboxylic acid groups (broad SMARTS) is 1. The van der Waals surface area contributed by atoms with Crippen LogP contribution in [-0.2, 0) is 24.8 Å². The summed E-state index contributed by atoms with van der Waals surface area (Å²) in [5, 5.41) is 8.79. The van der Waals surface area contributed by atoms with E-state index in [0.717, 1.165) is 26.8 Å².